The second-order valence-corrected chi connectivity index (χ2v) is 5.61. The van der Waals surface area contributed by atoms with E-state index >= 15 is 0 Å². The second-order valence-electron chi connectivity index (χ2n) is 5.61. The van der Waals surface area contributed by atoms with Gasteiger partial charge < -0.3 is 10.3 Å². The van der Waals surface area contributed by atoms with E-state index in [0.29, 0.717) is 5.92 Å². The van der Waals surface area contributed by atoms with Crippen LogP contribution < -0.4 is 16.2 Å². The van der Waals surface area contributed by atoms with E-state index in [4.69, 9.17) is 5.84 Å². The Balaban J connectivity index is 2.25. The van der Waals surface area contributed by atoms with Crippen LogP contribution in [0.25, 0.3) is 0 Å². The molecule has 100 valence electrons. The Labute approximate surface area is 109 Å². The Hall–Kier alpha value is -1.36. The van der Waals surface area contributed by atoms with Gasteiger partial charge in [-0.3, -0.25) is 0 Å². The molecule has 2 atom stereocenters. The molecule has 18 heavy (non-hydrogen) atoms. The predicted molar refractivity (Wildman–Crippen MR) is 74.5 cm³/mol. The molecular weight excluding hydrogens is 226 g/mol. The van der Waals surface area contributed by atoms with Crippen molar-refractivity contribution in [3.05, 3.63) is 11.9 Å². The SMILES string of the molecule is CC(C)c1c(NN)ncnc1N(C)CC1CC1C. The van der Waals surface area contributed by atoms with Crippen molar-refractivity contribution < 1.29 is 0 Å². The van der Waals surface area contributed by atoms with Gasteiger partial charge in [-0.15, -0.1) is 0 Å². The van der Waals surface area contributed by atoms with E-state index < -0.39 is 0 Å². The summed E-state index contributed by atoms with van der Waals surface area (Å²) in [6.07, 6.45) is 2.90. The molecule has 1 aliphatic rings. The minimum Gasteiger partial charge on any atom is -0.359 e. The van der Waals surface area contributed by atoms with Gasteiger partial charge in [-0.25, -0.2) is 15.8 Å². The van der Waals surface area contributed by atoms with E-state index in [1.54, 1.807) is 6.33 Å². The molecule has 3 N–H and O–H groups in total. The number of nitrogens with two attached hydrogens (primary N) is 1. The molecule has 5 nitrogen and oxygen atoms in total. The number of nitrogens with one attached hydrogen (secondary N) is 1. The molecule has 1 heterocycles. The third-order valence-corrected chi connectivity index (χ3v) is 3.72. The van der Waals surface area contributed by atoms with Gasteiger partial charge in [-0.05, 0) is 24.2 Å². The zero-order valence-corrected chi connectivity index (χ0v) is 11.6. The summed E-state index contributed by atoms with van der Waals surface area (Å²) in [4.78, 5) is 10.9. The summed E-state index contributed by atoms with van der Waals surface area (Å²) >= 11 is 0. The summed E-state index contributed by atoms with van der Waals surface area (Å²) in [6, 6.07) is 0. The summed E-state index contributed by atoms with van der Waals surface area (Å²) in [7, 11) is 2.10. The van der Waals surface area contributed by atoms with Crippen LogP contribution in [0.2, 0.25) is 0 Å². The van der Waals surface area contributed by atoms with E-state index in [0.717, 1.165) is 35.6 Å². The molecule has 0 amide bonds. The molecule has 2 rings (SSSR count). The van der Waals surface area contributed by atoms with E-state index in [1.165, 1.54) is 6.42 Å². The molecule has 1 aliphatic carbocycles. The lowest BCUT2D eigenvalue weighted by molar-refractivity contribution is 0.709. The largest absolute Gasteiger partial charge is 0.359 e. The maximum absolute atomic E-state index is 5.53. The van der Waals surface area contributed by atoms with Gasteiger partial charge in [0.25, 0.3) is 0 Å². The van der Waals surface area contributed by atoms with E-state index in [1.807, 2.05) is 0 Å². The summed E-state index contributed by atoms with van der Waals surface area (Å²) in [5.74, 6) is 9.25. The molecule has 1 fully saturated rings. The van der Waals surface area contributed by atoms with Crippen LogP contribution in [0.3, 0.4) is 0 Å². The highest BCUT2D eigenvalue weighted by Gasteiger charge is 2.34. The summed E-state index contributed by atoms with van der Waals surface area (Å²) in [5, 5.41) is 0. The standard InChI is InChI=1S/C13H23N5/c1-8(2)11-12(17-14)15-7-16-13(11)18(4)6-10-5-9(10)3/h7-10H,5-6,14H2,1-4H3,(H,15,16,17). The highest BCUT2D eigenvalue weighted by molar-refractivity contribution is 5.59. The molecule has 2 unspecified atom stereocenters. The predicted octanol–water partition coefficient (Wildman–Crippen LogP) is 1.98. The van der Waals surface area contributed by atoms with Gasteiger partial charge in [0.15, 0.2) is 0 Å². The molecular formula is C13H23N5. The van der Waals surface area contributed by atoms with E-state index in [9.17, 15) is 0 Å². The minimum atomic E-state index is 0.339. The van der Waals surface area contributed by atoms with Crippen LogP contribution in [0.1, 0.15) is 38.7 Å². The van der Waals surface area contributed by atoms with Crippen LogP contribution in [0.5, 0.6) is 0 Å². The fourth-order valence-corrected chi connectivity index (χ4v) is 2.43. The topological polar surface area (TPSA) is 67.1 Å². The highest BCUT2D eigenvalue weighted by atomic mass is 15.3. The zero-order valence-electron chi connectivity index (χ0n) is 11.6. The van der Waals surface area contributed by atoms with Crippen molar-refractivity contribution in [3.8, 4) is 0 Å². The van der Waals surface area contributed by atoms with Crippen molar-refractivity contribution in [3.63, 3.8) is 0 Å². The monoisotopic (exact) mass is 249 g/mol. The highest BCUT2D eigenvalue weighted by Crippen LogP contribution is 2.39. The van der Waals surface area contributed by atoms with Gasteiger partial charge in [0.2, 0.25) is 0 Å². The van der Waals surface area contributed by atoms with Crippen LogP contribution in [0, 0.1) is 11.8 Å². The van der Waals surface area contributed by atoms with Crippen LogP contribution in [0.15, 0.2) is 6.33 Å². The fourth-order valence-electron chi connectivity index (χ4n) is 2.43. The summed E-state index contributed by atoms with van der Waals surface area (Å²) in [5.41, 5.74) is 3.77. The van der Waals surface area contributed by atoms with Crippen molar-refractivity contribution >= 4 is 11.6 Å². The average Bonchev–Trinajstić information content (AvgIpc) is 3.03. The molecule has 5 heteroatoms. The third kappa shape index (κ3) is 2.56. The Morgan fingerprint density at radius 3 is 2.67 bits per heavy atom. The summed E-state index contributed by atoms with van der Waals surface area (Å²) in [6.45, 7) is 7.63. The molecule has 0 radical (unpaired) electrons. The number of aromatic nitrogens is 2. The van der Waals surface area contributed by atoms with Crippen LogP contribution >= 0.6 is 0 Å². The molecule has 1 aromatic rings. The van der Waals surface area contributed by atoms with Crippen LogP contribution in [-0.4, -0.2) is 23.6 Å². The van der Waals surface area contributed by atoms with Gasteiger partial charge >= 0.3 is 0 Å². The lowest BCUT2D eigenvalue weighted by Crippen LogP contribution is -2.25. The Morgan fingerprint density at radius 2 is 2.17 bits per heavy atom. The number of hydrogen-bond donors (Lipinski definition) is 2. The minimum absolute atomic E-state index is 0.339. The number of nitrogen functional groups attached to an aromatic ring is 1. The van der Waals surface area contributed by atoms with Gasteiger partial charge in [-0.2, -0.15) is 0 Å². The van der Waals surface area contributed by atoms with Gasteiger partial charge in [0.05, 0.1) is 0 Å². The first-order valence-electron chi connectivity index (χ1n) is 6.57. The first-order chi connectivity index (χ1) is 8.54. The van der Waals surface area contributed by atoms with Crippen molar-refractivity contribution in [2.75, 3.05) is 23.9 Å². The number of hydrogen-bond acceptors (Lipinski definition) is 5. The molecule has 1 saturated carbocycles. The second kappa shape index (κ2) is 5.10. The molecule has 0 aliphatic heterocycles. The molecule has 0 saturated heterocycles. The van der Waals surface area contributed by atoms with Crippen molar-refractivity contribution in [1.82, 2.24) is 9.97 Å². The number of rotatable bonds is 5. The molecule has 0 aromatic carbocycles. The lowest BCUT2D eigenvalue weighted by atomic mass is 10.0. The van der Waals surface area contributed by atoms with E-state index in [-0.39, 0.29) is 0 Å². The molecule has 0 spiro atoms. The first kappa shape index (κ1) is 13.1. The van der Waals surface area contributed by atoms with Gasteiger partial charge in [-0.1, -0.05) is 20.8 Å². The lowest BCUT2D eigenvalue weighted by Gasteiger charge is -2.24. The fraction of sp³-hybridized carbons (Fsp3) is 0.692. The van der Waals surface area contributed by atoms with Crippen LogP contribution in [0.4, 0.5) is 11.6 Å². The first-order valence-corrected chi connectivity index (χ1v) is 6.57. The number of hydrazine groups is 1. The van der Waals surface area contributed by atoms with E-state index in [2.05, 4.69) is 48.1 Å². The number of nitrogens with zero attached hydrogens (tertiary/aromatic N) is 3. The third-order valence-electron chi connectivity index (χ3n) is 3.72. The van der Waals surface area contributed by atoms with Gasteiger partial charge in [0.1, 0.15) is 18.0 Å². The quantitative estimate of drug-likeness (QED) is 0.617. The Kier molecular flexibility index (Phi) is 3.71. The maximum atomic E-state index is 5.53. The molecule has 0 bridgehead atoms. The summed E-state index contributed by atoms with van der Waals surface area (Å²) < 4.78 is 0. The Morgan fingerprint density at radius 1 is 1.50 bits per heavy atom. The van der Waals surface area contributed by atoms with Gasteiger partial charge in [0, 0.05) is 19.2 Å². The van der Waals surface area contributed by atoms with Crippen LogP contribution in [-0.2, 0) is 0 Å². The van der Waals surface area contributed by atoms with Crippen molar-refractivity contribution in [2.45, 2.75) is 33.1 Å². The molecule has 1 aromatic heterocycles. The Bertz CT molecular complexity index is 418. The van der Waals surface area contributed by atoms with Crippen molar-refractivity contribution in [2.24, 2.45) is 17.7 Å². The average molecular weight is 249 g/mol. The van der Waals surface area contributed by atoms with Crippen molar-refractivity contribution in [1.29, 1.82) is 0 Å². The number of anilines is 2. The zero-order chi connectivity index (χ0) is 13.3. The smallest absolute Gasteiger partial charge is 0.148 e. The maximum Gasteiger partial charge on any atom is 0.148 e. The normalized spacial score (nSPS) is 22.1.